The summed E-state index contributed by atoms with van der Waals surface area (Å²) in [4.78, 5) is 39.6. The molecule has 2 amide bonds. The number of likely N-dealkylation sites (N-methyl/N-ethyl adjacent to an activating group) is 2. The molecular formula is C22H24N4O4. The van der Waals surface area contributed by atoms with E-state index in [9.17, 15) is 14.4 Å². The normalized spacial score (nSPS) is 13.8. The van der Waals surface area contributed by atoms with Crippen molar-refractivity contribution >= 4 is 40.4 Å². The lowest BCUT2D eigenvalue weighted by atomic mass is 10.1. The SMILES string of the molecule is COC(=O)c1ccc2c(c1)NC(=O)/C2=C/Nc1ccc(N(C)C(=O)CN(C)C)cc1. The Morgan fingerprint density at radius 1 is 1.10 bits per heavy atom. The van der Waals surface area contributed by atoms with Crippen LogP contribution in [0.4, 0.5) is 17.1 Å². The molecule has 0 saturated carbocycles. The quantitative estimate of drug-likeness (QED) is 0.564. The lowest BCUT2D eigenvalue weighted by molar-refractivity contribution is -0.119. The van der Waals surface area contributed by atoms with Crippen molar-refractivity contribution in [2.24, 2.45) is 0 Å². The topological polar surface area (TPSA) is 91.0 Å². The molecule has 156 valence electrons. The summed E-state index contributed by atoms with van der Waals surface area (Å²) < 4.78 is 4.71. The van der Waals surface area contributed by atoms with Crippen molar-refractivity contribution in [3.63, 3.8) is 0 Å². The number of amides is 2. The number of fused-ring (bicyclic) bond motifs is 1. The largest absolute Gasteiger partial charge is 0.465 e. The molecule has 0 atom stereocenters. The van der Waals surface area contributed by atoms with Gasteiger partial charge in [-0.25, -0.2) is 4.79 Å². The zero-order valence-electron chi connectivity index (χ0n) is 17.4. The van der Waals surface area contributed by atoms with Crippen molar-refractivity contribution in [2.45, 2.75) is 0 Å². The molecule has 30 heavy (non-hydrogen) atoms. The standard InChI is InChI=1S/C22H24N4O4/c1-25(2)13-20(27)26(3)16-8-6-15(7-9-16)23-12-18-17-10-5-14(22(29)30-4)11-19(17)24-21(18)28/h5-12,23H,13H2,1-4H3,(H,24,28)/b18-12+. The van der Waals surface area contributed by atoms with Crippen molar-refractivity contribution in [2.75, 3.05) is 50.3 Å². The molecular weight excluding hydrogens is 384 g/mol. The molecule has 2 aromatic carbocycles. The van der Waals surface area contributed by atoms with Crippen molar-refractivity contribution in [1.29, 1.82) is 0 Å². The molecule has 0 radical (unpaired) electrons. The van der Waals surface area contributed by atoms with Crippen molar-refractivity contribution in [3.05, 3.63) is 59.8 Å². The lowest BCUT2D eigenvalue weighted by Gasteiger charge is -2.20. The zero-order chi connectivity index (χ0) is 21.8. The number of anilines is 3. The Morgan fingerprint density at radius 2 is 1.80 bits per heavy atom. The molecule has 1 aliphatic rings. The second-order valence-electron chi connectivity index (χ2n) is 7.15. The van der Waals surface area contributed by atoms with Crippen LogP contribution in [0.15, 0.2) is 48.7 Å². The lowest BCUT2D eigenvalue weighted by Crippen LogP contribution is -2.34. The minimum Gasteiger partial charge on any atom is -0.465 e. The fourth-order valence-corrected chi connectivity index (χ4v) is 3.04. The van der Waals surface area contributed by atoms with E-state index < -0.39 is 5.97 Å². The predicted octanol–water partition coefficient (Wildman–Crippen LogP) is 2.40. The number of methoxy groups -OCH3 is 1. The maximum Gasteiger partial charge on any atom is 0.337 e. The van der Waals surface area contributed by atoms with Gasteiger partial charge in [0.15, 0.2) is 0 Å². The van der Waals surface area contributed by atoms with E-state index in [2.05, 4.69) is 10.6 Å². The van der Waals surface area contributed by atoms with Crippen LogP contribution in [0.1, 0.15) is 15.9 Å². The predicted molar refractivity (Wildman–Crippen MR) is 116 cm³/mol. The van der Waals surface area contributed by atoms with Gasteiger partial charge in [0.1, 0.15) is 0 Å². The van der Waals surface area contributed by atoms with Gasteiger partial charge in [0.2, 0.25) is 5.91 Å². The van der Waals surface area contributed by atoms with E-state index in [1.54, 1.807) is 36.3 Å². The molecule has 0 saturated heterocycles. The number of carbonyl (C=O) groups is 3. The first kappa shape index (κ1) is 21.1. The van der Waals surface area contributed by atoms with E-state index in [0.29, 0.717) is 28.9 Å². The number of benzene rings is 2. The monoisotopic (exact) mass is 408 g/mol. The summed E-state index contributed by atoms with van der Waals surface area (Å²) in [6.45, 7) is 0.328. The third kappa shape index (κ3) is 4.49. The molecule has 0 unspecified atom stereocenters. The first-order valence-electron chi connectivity index (χ1n) is 9.32. The molecule has 0 aromatic heterocycles. The van der Waals surface area contributed by atoms with E-state index in [1.165, 1.54) is 7.11 Å². The van der Waals surface area contributed by atoms with Crippen LogP contribution < -0.4 is 15.5 Å². The Morgan fingerprint density at radius 3 is 2.43 bits per heavy atom. The van der Waals surface area contributed by atoms with Crippen molar-refractivity contribution < 1.29 is 19.1 Å². The average Bonchev–Trinajstić information content (AvgIpc) is 3.05. The van der Waals surface area contributed by atoms with E-state index in [-0.39, 0.29) is 11.8 Å². The first-order chi connectivity index (χ1) is 14.3. The molecule has 8 heteroatoms. The van der Waals surface area contributed by atoms with Crippen molar-refractivity contribution in [3.8, 4) is 0 Å². The fraction of sp³-hybridized carbons (Fsp3) is 0.227. The van der Waals surface area contributed by atoms with Gasteiger partial charge in [-0.1, -0.05) is 6.07 Å². The minimum atomic E-state index is -0.461. The maximum absolute atomic E-state index is 12.3. The summed E-state index contributed by atoms with van der Waals surface area (Å²) in [6, 6.07) is 12.3. The molecule has 0 bridgehead atoms. The molecule has 2 N–H and O–H groups in total. The highest BCUT2D eigenvalue weighted by Crippen LogP contribution is 2.32. The highest BCUT2D eigenvalue weighted by molar-refractivity contribution is 6.31. The molecule has 0 aliphatic carbocycles. The van der Waals surface area contributed by atoms with E-state index in [0.717, 1.165) is 11.4 Å². The summed E-state index contributed by atoms with van der Waals surface area (Å²) >= 11 is 0. The molecule has 1 heterocycles. The van der Waals surface area contributed by atoms with Crippen LogP contribution in [-0.4, -0.2) is 57.5 Å². The number of hydrogen-bond donors (Lipinski definition) is 2. The molecule has 1 aliphatic heterocycles. The molecule has 3 rings (SSSR count). The molecule has 2 aromatic rings. The van der Waals surface area contributed by atoms with Gasteiger partial charge in [-0.05, 0) is 50.5 Å². The maximum atomic E-state index is 12.3. The van der Waals surface area contributed by atoms with Crippen LogP contribution in [0.3, 0.4) is 0 Å². The Hall–Kier alpha value is -3.65. The molecule has 8 nitrogen and oxygen atoms in total. The number of rotatable bonds is 6. The van der Waals surface area contributed by atoms with Gasteiger partial charge >= 0.3 is 5.97 Å². The third-order valence-electron chi connectivity index (χ3n) is 4.69. The summed E-state index contributed by atoms with van der Waals surface area (Å²) in [6.07, 6.45) is 1.62. The van der Waals surface area contributed by atoms with Gasteiger partial charge in [0.05, 0.1) is 24.8 Å². The van der Waals surface area contributed by atoms with Crippen LogP contribution in [0.2, 0.25) is 0 Å². The number of ether oxygens (including phenoxy) is 1. The summed E-state index contributed by atoms with van der Waals surface area (Å²) in [7, 11) is 6.74. The van der Waals surface area contributed by atoms with Gasteiger partial charge < -0.3 is 25.2 Å². The van der Waals surface area contributed by atoms with E-state index in [4.69, 9.17) is 4.74 Å². The number of carbonyl (C=O) groups excluding carboxylic acids is 3. The number of hydrogen-bond acceptors (Lipinski definition) is 6. The first-order valence-corrected chi connectivity index (χ1v) is 9.32. The number of esters is 1. The van der Waals surface area contributed by atoms with Crippen LogP contribution in [-0.2, 0) is 14.3 Å². The van der Waals surface area contributed by atoms with Crippen LogP contribution >= 0.6 is 0 Å². The smallest absolute Gasteiger partial charge is 0.337 e. The van der Waals surface area contributed by atoms with E-state index >= 15 is 0 Å². The van der Waals surface area contributed by atoms with Gasteiger partial charge in [-0.15, -0.1) is 0 Å². The number of nitrogens with zero attached hydrogens (tertiary/aromatic N) is 2. The van der Waals surface area contributed by atoms with Crippen LogP contribution in [0.5, 0.6) is 0 Å². The molecule has 0 spiro atoms. The highest BCUT2D eigenvalue weighted by atomic mass is 16.5. The van der Waals surface area contributed by atoms with Gasteiger partial charge in [-0.2, -0.15) is 0 Å². The Kier molecular flexibility index (Phi) is 6.17. The summed E-state index contributed by atoms with van der Waals surface area (Å²) in [5, 5.41) is 5.86. The highest BCUT2D eigenvalue weighted by Gasteiger charge is 2.25. The van der Waals surface area contributed by atoms with Crippen molar-refractivity contribution in [1.82, 2.24) is 4.90 Å². The third-order valence-corrected chi connectivity index (χ3v) is 4.69. The summed E-state index contributed by atoms with van der Waals surface area (Å²) in [5.41, 5.74) is 3.64. The Bertz CT molecular complexity index is 1010. The van der Waals surface area contributed by atoms with Crippen LogP contribution in [0.25, 0.3) is 5.57 Å². The minimum absolute atomic E-state index is 0.00613. The average molecular weight is 408 g/mol. The molecule has 0 fully saturated rings. The van der Waals surface area contributed by atoms with Gasteiger partial charge in [-0.3, -0.25) is 9.59 Å². The number of nitrogens with one attached hydrogen (secondary N) is 2. The summed E-state index contributed by atoms with van der Waals surface area (Å²) in [5.74, 6) is -0.727. The second-order valence-corrected chi connectivity index (χ2v) is 7.15. The van der Waals surface area contributed by atoms with Gasteiger partial charge in [0.25, 0.3) is 5.91 Å². The zero-order valence-corrected chi connectivity index (χ0v) is 17.4. The Balaban J connectivity index is 1.73. The second kappa shape index (κ2) is 8.79. The fourth-order valence-electron chi connectivity index (χ4n) is 3.04. The van der Waals surface area contributed by atoms with E-state index in [1.807, 2.05) is 43.3 Å². The van der Waals surface area contributed by atoms with Crippen LogP contribution in [0, 0.1) is 0 Å². The van der Waals surface area contributed by atoms with Gasteiger partial charge in [0, 0.05) is 35.9 Å². The Labute approximate surface area is 175 Å².